The molecule has 0 spiro atoms. The first-order valence-electron chi connectivity index (χ1n) is 8.26. The molecule has 0 amide bonds. The third-order valence-corrected chi connectivity index (χ3v) is 5.42. The Morgan fingerprint density at radius 3 is 2.90 bits per heavy atom. The number of halogens is 1. The predicted octanol–water partition coefficient (Wildman–Crippen LogP) is 3.62. The van der Waals surface area contributed by atoms with E-state index in [1.165, 1.54) is 5.56 Å². The van der Waals surface area contributed by atoms with Crippen LogP contribution in [-0.2, 0) is 6.42 Å². The molecule has 3 rings (SSSR count). The molecule has 21 heavy (non-hydrogen) atoms. The molecule has 1 aliphatic carbocycles. The van der Waals surface area contributed by atoms with Gasteiger partial charge in [0.25, 0.3) is 0 Å². The van der Waals surface area contributed by atoms with Crippen LogP contribution in [0.4, 0.5) is 10.1 Å². The monoisotopic (exact) mass is 291 g/mol. The third kappa shape index (κ3) is 3.08. The van der Waals surface area contributed by atoms with Gasteiger partial charge in [0.05, 0.1) is 6.10 Å². The second-order valence-electron chi connectivity index (χ2n) is 7.11. The van der Waals surface area contributed by atoms with E-state index in [1.807, 2.05) is 6.07 Å². The molecular formula is C18H26FNO. The number of rotatable bonds is 3. The summed E-state index contributed by atoms with van der Waals surface area (Å²) in [6.07, 6.45) is 3.95. The van der Waals surface area contributed by atoms with E-state index in [1.54, 1.807) is 12.1 Å². The summed E-state index contributed by atoms with van der Waals surface area (Å²) in [7, 11) is 0. The van der Waals surface area contributed by atoms with Crippen LogP contribution < -0.4 is 4.90 Å². The maximum absolute atomic E-state index is 13.5. The molecule has 1 aromatic carbocycles. The zero-order chi connectivity index (χ0) is 15.0. The first-order valence-corrected chi connectivity index (χ1v) is 8.26. The van der Waals surface area contributed by atoms with Crippen LogP contribution in [0.25, 0.3) is 0 Å². The summed E-state index contributed by atoms with van der Waals surface area (Å²) >= 11 is 0. The van der Waals surface area contributed by atoms with Crippen molar-refractivity contribution in [2.75, 3.05) is 18.0 Å². The molecule has 0 radical (unpaired) electrons. The van der Waals surface area contributed by atoms with Crippen LogP contribution in [0.15, 0.2) is 18.2 Å². The van der Waals surface area contributed by atoms with Crippen molar-refractivity contribution in [2.45, 2.75) is 45.6 Å². The Morgan fingerprint density at radius 2 is 2.14 bits per heavy atom. The maximum atomic E-state index is 13.5. The minimum Gasteiger partial charge on any atom is -0.393 e. The van der Waals surface area contributed by atoms with Gasteiger partial charge in [0, 0.05) is 24.7 Å². The third-order valence-electron chi connectivity index (χ3n) is 5.42. The first-order chi connectivity index (χ1) is 10.0. The van der Waals surface area contributed by atoms with Crippen LogP contribution in [0.2, 0.25) is 0 Å². The van der Waals surface area contributed by atoms with Gasteiger partial charge in [-0.1, -0.05) is 19.9 Å². The first kappa shape index (κ1) is 14.8. The highest BCUT2D eigenvalue weighted by Crippen LogP contribution is 2.36. The topological polar surface area (TPSA) is 23.5 Å². The fourth-order valence-corrected chi connectivity index (χ4v) is 3.98. The molecule has 3 atom stereocenters. The van der Waals surface area contributed by atoms with Gasteiger partial charge < -0.3 is 10.0 Å². The standard InChI is InChI=1S/C18H26FNO/c1-12(2)14-4-6-18(21)15(9-14)11-20-8-7-13-3-5-16(19)10-17(13)20/h3,5,10,12,14-15,18,21H,4,6-9,11H2,1-2H3. The number of hydrogen-bond donors (Lipinski definition) is 1. The maximum Gasteiger partial charge on any atom is 0.125 e. The van der Waals surface area contributed by atoms with Crippen LogP contribution in [0.1, 0.15) is 38.7 Å². The largest absolute Gasteiger partial charge is 0.393 e. The smallest absolute Gasteiger partial charge is 0.125 e. The molecule has 116 valence electrons. The van der Waals surface area contributed by atoms with Crippen molar-refractivity contribution < 1.29 is 9.50 Å². The predicted molar refractivity (Wildman–Crippen MR) is 84.0 cm³/mol. The lowest BCUT2D eigenvalue weighted by atomic mass is 9.74. The van der Waals surface area contributed by atoms with Crippen molar-refractivity contribution in [1.29, 1.82) is 0 Å². The second kappa shape index (κ2) is 5.96. The summed E-state index contributed by atoms with van der Waals surface area (Å²) in [6, 6.07) is 5.10. The fraction of sp³-hybridized carbons (Fsp3) is 0.667. The lowest BCUT2D eigenvalue weighted by Gasteiger charge is -2.37. The molecule has 1 aliphatic heterocycles. The lowest BCUT2D eigenvalue weighted by Crippen LogP contribution is -2.39. The summed E-state index contributed by atoms with van der Waals surface area (Å²) in [6.45, 7) is 6.37. The van der Waals surface area contributed by atoms with Gasteiger partial charge in [0.1, 0.15) is 5.82 Å². The Balaban J connectivity index is 1.71. The van der Waals surface area contributed by atoms with Crippen LogP contribution >= 0.6 is 0 Å². The quantitative estimate of drug-likeness (QED) is 0.919. The fourth-order valence-electron chi connectivity index (χ4n) is 3.98. The molecule has 2 aliphatic rings. The van der Waals surface area contributed by atoms with Crippen LogP contribution in [0, 0.1) is 23.6 Å². The summed E-state index contributed by atoms with van der Waals surface area (Å²) < 4.78 is 13.5. The molecule has 1 heterocycles. The molecule has 2 nitrogen and oxygen atoms in total. The molecule has 0 aromatic heterocycles. The average molecular weight is 291 g/mol. The number of benzene rings is 1. The van der Waals surface area contributed by atoms with Gasteiger partial charge in [-0.25, -0.2) is 4.39 Å². The van der Waals surface area contributed by atoms with Gasteiger partial charge in [0.15, 0.2) is 0 Å². The van der Waals surface area contributed by atoms with E-state index in [4.69, 9.17) is 0 Å². The molecule has 1 fully saturated rings. The molecule has 0 saturated heterocycles. The van der Waals surface area contributed by atoms with Gasteiger partial charge in [0.2, 0.25) is 0 Å². The molecule has 1 N–H and O–H groups in total. The highest BCUT2D eigenvalue weighted by molar-refractivity contribution is 5.58. The summed E-state index contributed by atoms with van der Waals surface area (Å²) in [5.41, 5.74) is 2.27. The molecule has 3 heteroatoms. The number of nitrogens with zero attached hydrogens (tertiary/aromatic N) is 1. The van der Waals surface area contributed by atoms with E-state index in [-0.39, 0.29) is 11.9 Å². The van der Waals surface area contributed by atoms with Crippen LogP contribution in [0.3, 0.4) is 0 Å². The van der Waals surface area contributed by atoms with Gasteiger partial charge in [-0.15, -0.1) is 0 Å². The Hall–Kier alpha value is -1.09. The van der Waals surface area contributed by atoms with Crippen molar-refractivity contribution in [2.24, 2.45) is 17.8 Å². The number of aliphatic hydroxyl groups excluding tert-OH is 1. The Morgan fingerprint density at radius 1 is 1.33 bits per heavy atom. The number of aliphatic hydroxyl groups is 1. The van der Waals surface area contributed by atoms with Crippen LogP contribution in [0.5, 0.6) is 0 Å². The number of fused-ring (bicyclic) bond motifs is 1. The van der Waals surface area contributed by atoms with E-state index in [2.05, 4.69) is 18.7 Å². The Kier molecular flexibility index (Phi) is 4.21. The van der Waals surface area contributed by atoms with E-state index in [0.717, 1.165) is 44.5 Å². The van der Waals surface area contributed by atoms with Crippen molar-refractivity contribution in [3.05, 3.63) is 29.6 Å². The van der Waals surface area contributed by atoms with E-state index in [9.17, 15) is 9.50 Å². The van der Waals surface area contributed by atoms with Crippen molar-refractivity contribution in [3.8, 4) is 0 Å². The van der Waals surface area contributed by atoms with Gasteiger partial charge in [-0.2, -0.15) is 0 Å². The second-order valence-corrected chi connectivity index (χ2v) is 7.11. The molecule has 0 bridgehead atoms. The van der Waals surface area contributed by atoms with E-state index < -0.39 is 0 Å². The molecule has 1 saturated carbocycles. The van der Waals surface area contributed by atoms with Crippen molar-refractivity contribution >= 4 is 5.69 Å². The van der Waals surface area contributed by atoms with E-state index in [0.29, 0.717) is 17.8 Å². The normalized spacial score (nSPS) is 29.0. The molecular weight excluding hydrogens is 265 g/mol. The zero-order valence-electron chi connectivity index (χ0n) is 13.1. The van der Waals surface area contributed by atoms with Crippen LogP contribution in [-0.4, -0.2) is 24.3 Å². The molecule has 3 unspecified atom stereocenters. The lowest BCUT2D eigenvalue weighted by molar-refractivity contribution is 0.0411. The highest BCUT2D eigenvalue weighted by atomic mass is 19.1. The number of anilines is 1. The zero-order valence-corrected chi connectivity index (χ0v) is 13.1. The van der Waals surface area contributed by atoms with Crippen molar-refractivity contribution in [1.82, 2.24) is 0 Å². The van der Waals surface area contributed by atoms with Crippen molar-refractivity contribution in [3.63, 3.8) is 0 Å². The summed E-state index contributed by atoms with van der Waals surface area (Å²) in [4.78, 5) is 2.27. The number of hydrogen-bond acceptors (Lipinski definition) is 2. The Labute approximate surface area is 127 Å². The molecule has 1 aromatic rings. The van der Waals surface area contributed by atoms with E-state index >= 15 is 0 Å². The Bertz CT molecular complexity index is 502. The van der Waals surface area contributed by atoms with Gasteiger partial charge in [-0.05, 0) is 55.2 Å². The summed E-state index contributed by atoms with van der Waals surface area (Å²) in [5, 5.41) is 10.3. The minimum absolute atomic E-state index is 0.162. The van der Waals surface area contributed by atoms with Gasteiger partial charge >= 0.3 is 0 Å². The highest BCUT2D eigenvalue weighted by Gasteiger charge is 2.33. The minimum atomic E-state index is -0.197. The van der Waals surface area contributed by atoms with Gasteiger partial charge in [-0.3, -0.25) is 0 Å². The SMILES string of the molecule is CC(C)C1CCC(O)C(CN2CCc3ccc(F)cc32)C1. The average Bonchev–Trinajstić information content (AvgIpc) is 2.83. The summed E-state index contributed by atoms with van der Waals surface area (Å²) in [5.74, 6) is 1.56.